The maximum absolute atomic E-state index is 12.3. The van der Waals surface area contributed by atoms with E-state index in [1.807, 2.05) is 19.9 Å². The minimum atomic E-state index is -0.750. The van der Waals surface area contributed by atoms with Crippen molar-refractivity contribution < 1.29 is 4.79 Å². The van der Waals surface area contributed by atoms with Gasteiger partial charge in [-0.2, -0.15) is 5.26 Å². The molecule has 0 radical (unpaired) electrons. The highest BCUT2D eigenvalue weighted by molar-refractivity contribution is 6.01. The highest BCUT2D eigenvalue weighted by Crippen LogP contribution is 2.47. The molecule has 1 fully saturated rings. The molecule has 1 aromatic rings. The van der Waals surface area contributed by atoms with Crippen LogP contribution in [0.4, 0.5) is 5.69 Å². The third kappa shape index (κ3) is 1.88. The van der Waals surface area contributed by atoms with Gasteiger partial charge in [-0.15, -0.1) is 0 Å². The molecule has 1 aliphatic rings. The zero-order valence-electron chi connectivity index (χ0n) is 11.4. The van der Waals surface area contributed by atoms with E-state index in [1.165, 1.54) is 5.56 Å². The van der Waals surface area contributed by atoms with Gasteiger partial charge in [0.25, 0.3) is 0 Å². The van der Waals surface area contributed by atoms with Crippen molar-refractivity contribution in [3.63, 3.8) is 0 Å². The average molecular weight is 242 g/mol. The number of carbonyl (C=O) groups is 1. The van der Waals surface area contributed by atoms with Gasteiger partial charge in [0.1, 0.15) is 5.41 Å². The van der Waals surface area contributed by atoms with E-state index in [4.69, 9.17) is 5.26 Å². The van der Waals surface area contributed by atoms with Gasteiger partial charge in [0.15, 0.2) is 0 Å². The van der Waals surface area contributed by atoms with Gasteiger partial charge in [0.2, 0.25) is 5.91 Å². The number of anilines is 1. The minimum Gasteiger partial charge on any atom is -0.314 e. The summed E-state index contributed by atoms with van der Waals surface area (Å²) in [5, 5.41) is 9.09. The van der Waals surface area contributed by atoms with Crippen LogP contribution >= 0.6 is 0 Å². The van der Waals surface area contributed by atoms with E-state index in [0.29, 0.717) is 12.8 Å². The molecule has 94 valence electrons. The third-order valence-electron chi connectivity index (χ3n) is 3.85. The van der Waals surface area contributed by atoms with Crippen molar-refractivity contribution in [3.05, 3.63) is 28.8 Å². The van der Waals surface area contributed by atoms with E-state index < -0.39 is 5.41 Å². The van der Waals surface area contributed by atoms with Gasteiger partial charge in [-0.3, -0.25) is 4.79 Å². The Balaban J connectivity index is 2.35. The smallest absolute Gasteiger partial charge is 0.247 e. The minimum absolute atomic E-state index is 0.0728. The highest BCUT2D eigenvalue weighted by atomic mass is 16.2. The van der Waals surface area contributed by atoms with Crippen LogP contribution in [0.3, 0.4) is 0 Å². The summed E-state index contributed by atoms with van der Waals surface area (Å²) in [6.45, 7) is 6.09. The molecular formula is C15H18N2O. The summed E-state index contributed by atoms with van der Waals surface area (Å²) < 4.78 is 0. The van der Waals surface area contributed by atoms with E-state index in [0.717, 1.165) is 16.8 Å². The summed E-state index contributed by atoms with van der Waals surface area (Å²) in [6, 6.07) is 6.26. The van der Waals surface area contributed by atoms with Crippen molar-refractivity contribution in [2.75, 3.05) is 11.9 Å². The number of hydrogen-bond donors (Lipinski definition) is 0. The molecule has 0 aromatic heterocycles. The molecule has 0 saturated heterocycles. The van der Waals surface area contributed by atoms with Crippen LogP contribution in [0.5, 0.6) is 0 Å². The molecule has 1 amide bonds. The Labute approximate surface area is 108 Å². The van der Waals surface area contributed by atoms with Gasteiger partial charge in [-0.05, 0) is 56.4 Å². The number of carbonyl (C=O) groups excluding carboxylic acids is 1. The largest absolute Gasteiger partial charge is 0.314 e. The van der Waals surface area contributed by atoms with Crippen molar-refractivity contribution in [1.29, 1.82) is 5.26 Å². The second-order valence-electron chi connectivity index (χ2n) is 5.28. The van der Waals surface area contributed by atoms with Crippen LogP contribution in [-0.2, 0) is 4.79 Å². The number of amides is 1. The standard InChI is InChI=1S/C15H18N2O/c1-10-7-12(3)13(8-11(10)2)17(4)14(18)15(9-16)5-6-15/h7-8H,5-6H2,1-4H3. The van der Waals surface area contributed by atoms with Crippen LogP contribution in [0.15, 0.2) is 12.1 Å². The van der Waals surface area contributed by atoms with Crippen molar-refractivity contribution >= 4 is 11.6 Å². The first kappa shape index (κ1) is 12.6. The molecule has 0 atom stereocenters. The van der Waals surface area contributed by atoms with Crippen molar-refractivity contribution in [2.45, 2.75) is 33.6 Å². The van der Waals surface area contributed by atoms with E-state index in [1.54, 1.807) is 11.9 Å². The second-order valence-corrected chi connectivity index (χ2v) is 5.28. The van der Waals surface area contributed by atoms with Gasteiger partial charge < -0.3 is 4.90 Å². The number of hydrogen-bond acceptors (Lipinski definition) is 2. The number of nitriles is 1. The molecule has 3 nitrogen and oxygen atoms in total. The van der Waals surface area contributed by atoms with Crippen LogP contribution in [0, 0.1) is 37.5 Å². The molecule has 0 unspecified atom stereocenters. The Morgan fingerprint density at radius 1 is 1.22 bits per heavy atom. The average Bonchev–Trinajstić information content (AvgIpc) is 3.13. The molecule has 18 heavy (non-hydrogen) atoms. The first-order valence-corrected chi connectivity index (χ1v) is 6.18. The first-order valence-electron chi connectivity index (χ1n) is 6.18. The molecule has 0 N–H and O–H groups in total. The monoisotopic (exact) mass is 242 g/mol. The summed E-state index contributed by atoms with van der Waals surface area (Å²) in [5.41, 5.74) is 3.61. The van der Waals surface area contributed by atoms with E-state index in [9.17, 15) is 4.79 Å². The lowest BCUT2D eigenvalue weighted by molar-refractivity contribution is -0.121. The predicted molar refractivity (Wildman–Crippen MR) is 71.3 cm³/mol. The quantitative estimate of drug-likeness (QED) is 0.800. The third-order valence-corrected chi connectivity index (χ3v) is 3.85. The first-order chi connectivity index (χ1) is 8.41. The van der Waals surface area contributed by atoms with Crippen LogP contribution in [0.2, 0.25) is 0 Å². The molecule has 3 heteroatoms. The maximum Gasteiger partial charge on any atom is 0.247 e. The summed E-state index contributed by atoms with van der Waals surface area (Å²) in [4.78, 5) is 13.9. The Morgan fingerprint density at radius 2 is 1.78 bits per heavy atom. The molecule has 1 aliphatic carbocycles. The lowest BCUT2D eigenvalue weighted by atomic mass is 10.0. The molecule has 1 aromatic carbocycles. The van der Waals surface area contributed by atoms with E-state index in [2.05, 4.69) is 19.1 Å². The molecule has 0 bridgehead atoms. The Hall–Kier alpha value is -1.82. The van der Waals surface area contributed by atoms with Crippen LogP contribution in [-0.4, -0.2) is 13.0 Å². The molecule has 0 aliphatic heterocycles. The Kier molecular flexibility index (Phi) is 2.90. The fourth-order valence-electron chi connectivity index (χ4n) is 2.24. The zero-order valence-corrected chi connectivity index (χ0v) is 11.4. The molecule has 0 spiro atoms. The van der Waals surface area contributed by atoms with Crippen molar-refractivity contribution in [2.24, 2.45) is 5.41 Å². The molecule has 2 rings (SSSR count). The van der Waals surface area contributed by atoms with E-state index >= 15 is 0 Å². The Bertz CT molecular complexity index is 550. The number of benzene rings is 1. The van der Waals surface area contributed by atoms with Crippen molar-refractivity contribution in [1.82, 2.24) is 0 Å². The summed E-state index contributed by atoms with van der Waals surface area (Å²) >= 11 is 0. The summed E-state index contributed by atoms with van der Waals surface area (Å²) in [5.74, 6) is -0.0728. The Morgan fingerprint density at radius 3 is 2.28 bits per heavy atom. The zero-order chi connectivity index (χ0) is 13.5. The maximum atomic E-state index is 12.3. The topological polar surface area (TPSA) is 44.1 Å². The SMILES string of the molecule is Cc1cc(C)c(N(C)C(=O)C2(C#N)CC2)cc1C. The molecular weight excluding hydrogens is 224 g/mol. The lowest BCUT2D eigenvalue weighted by Crippen LogP contribution is -2.34. The second kappa shape index (κ2) is 4.13. The number of nitrogens with zero attached hydrogens (tertiary/aromatic N) is 2. The summed E-state index contributed by atoms with van der Waals surface area (Å²) in [7, 11) is 1.76. The number of rotatable bonds is 2. The fraction of sp³-hybridized carbons (Fsp3) is 0.467. The van der Waals surface area contributed by atoms with Gasteiger partial charge in [0, 0.05) is 12.7 Å². The fourth-order valence-corrected chi connectivity index (χ4v) is 2.24. The lowest BCUT2D eigenvalue weighted by Gasteiger charge is -2.23. The normalized spacial score (nSPS) is 15.9. The summed E-state index contributed by atoms with van der Waals surface area (Å²) in [6.07, 6.45) is 1.38. The van der Waals surface area contributed by atoms with Gasteiger partial charge in [-0.1, -0.05) is 6.07 Å². The predicted octanol–water partition coefficient (Wildman–Crippen LogP) is 2.88. The molecule has 0 heterocycles. The van der Waals surface area contributed by atoms with E-state index in [-0.39, 0.29) is 5.91 Å². The van der Waals surface area contributed by atoms with Crippen LogP contribution in [0.1, 0.15) is 29.5 Å². The van der Waals surface area contributed by atoms with Crippen LogP contribution < -0.4 is 4.90 Å². The number of aryl methyl sites for hydroxylation is 3. The van der Waals surface area contributed by atoms with Crippen molar-refractivity contribution in [3.8, 4) is 6.07 Å². The van der Waals surface area contributed by atoms with Gasteiger partial charge in [-0.25, -0.2) is 0 Å². The highest BCUT2D eigenvalue weighted by Gasteiger charge is 2.52. The van der Waals surface area contributed by atoms with Gasteiger partial charge in [0.05, 0.1) is 6.07 Å². The van der Waals surface area contributed by atoms with Crippen LogP contribution in [0.25, 0.3) is 0 Å². The molecule has 1 saturated carbocycles. The van der Waals surface area contributed by atoms with Gasteiger partial charge >= 0.3 is 0 Å².